The Morgan fingerprint density at radius 2 is 1.95 bits per heavy atom. The number of aliphatic hydroxyl groups excluding tert-OH is 1. The van der Waals surface area contributed by atoms with Gasteiger partial charge in [0.15, 0.2) is 0 Å². The zero-order chi connectivity index (χ0) is 13.8. The summed E-state index contributed by atoms with van der Waals surface area (Å²) in [7, 11) is 1.65. The zero-order valence-corrected chi connectivity index (χ0v) is 12.6. The van der Waals surface area contributed by atoms with Crippen LogP contribution in [0.1, 0.15) is 22.8 Å². The minimum atomic E-state index is -0.534. The second-order valence-electron chi connectivity index (χ2n) is 4.54. The van der Waals surface area contributed by atoms with Gasteiger partial charge in [-0.05, 0) is 35.7 Å². The Morgan fingerprint density at radius 1 is 1.21 bits per heavy atom. The molecule has 3 heteroatoms. The van der Waals surface area contributed by atoms with Gasteiger partial charge in [-0.1, -0.05) is 46.3 Å². The summed E-state index contributed by atoms with van der Waals surface area (Å²) in [6, 6.07) is 13.8. The van der Waals surface area contributed by atoms with Gasteiger partial charge in [0.25, 0.3) is 0 Å². The third-order valence-corrected chi connectivity index (χ3v) is 3.96. The molecule has 0 bridgehead atoms. The molecule has 100 valence electrons. The van der Waals surface area contributed by atoms with Crippen LogP contribution >= 0.6 is 15.9 Å². The van der Waals surface area contributed by atoms with E-state index in [1.54, 1.807) is 7.11 Å². The molecule has 19 heavy (non-hydrogen) atoms. The summed E-state index contributed by atoms with van der Waals surface area (Å²) in [6.07, 6.45) is 0.0429. The summed E-state index contributed by atoms with van der Waals surface area (Å²) in [4.78, 5) is 0. The van der Waals surface area contributed by atoms with Gasteiger partial charge >= 0.3 is 0 Å². The number of benzene rings is 2. The van der Waals surface area contributed by atoms with Gasteiger partial charge in [0.2, 0.25) is 0 Å². The van der Waals surface area contributed by atoms with Crippen molar-refractivity contribution in [2.24, 2.45) is 0 Å². The summed E-state index contributed by atoms with van der Waals surface area (Å²) in [5.74, 6) is 0.809. The highest BCUT2D eigenvalue weighted by Gasteiger charge is 2.12. The number of hydrogen-bond donors (Lipinski definition) is 1. The molecule has 0 fully saturated rings. The van der Waals surface area contributed by atoms with Crippen molar-refractivity contribution in [3.05, 3.63) is 63.6 Å². The smallest absolute Gasteiger partial charge is 0.122 e. The molecule has 1 N–H and O–H groups in total. The van der Waals surface area contributed by atoms with Gasteiger partial charge in [-0.3, -0.25) is 0 Å². The molecular weight excluding hydrogens is 304 g/mol. The molecule has 0 aliphatic heterocycles. The Bertz CT molecular complexity index is 566. The third kappa shape index (κ3) is 3.37. The summed E-state index contributed by atoms with van der Waals surface area (Å²) < 4.78 is 6.31. The Hall–Kier alpha value is -1.32. The van der Waals surface area contributed by atoms with Crippen LogP contribution in [-0.4, -0.2) is 12.2 Å². The van der Waals surface area contributed by atoms with E-state index in [1.807, 2.05) is 49.4 Å². The number of ether oxygens (including phenoxy) is 1. The number of halogens is 1. The lowest BCUT2D eigenvalue weighted by Crippen LogP contribution is -2.03. The molecule has 1 atom stereocenters. The van der Waals surface area contributed by atoms with Crippen molar-refractivity contribution < 1.29 is 9.84 Å². The van der Waals surface area contributed by atoms with E-state index >= 15 is 0 Å². The fourth-order valence-corrected chi connectivity index (χ4v) is 2.48. The van der Waals surface area contributed by atoms with E-state index in [0.29, 0.717) is 6.42 Å². The molecule has 2 aromatic carbocycles. The average Bonchev–Trinajstić information content (AvgIpc) is 2.42. The quantitative estimate of drug-likeness (QED) is 0.921. The fraction of sp³-hybridized carbons (Fsp3) is 0.250. The van der Waals surface area contributed by atoms with Crippen molar-refractivity contribution in [2.45, 2.75) is 19.4 Å². The van der Waals surface area contributed by atoms with Crippen LogP contribution < -0.4 is 4.74 Å². The third-order valence-electron chi connectivity index (χ3n) is 3.19. The minimum Gasteiger partial charge on any atom is -0.496 e. The molecule has 0 heterocycles. The van der Waals surface area contributed by atoms with Crippen LogP contribution in [0.2, 0.25) is 0 Å². The number of aliphatic hydroxyl groups is 1. The first-order chi connectivity index (χ1) is 9.11. The predicted octanol–water partition coefficient (Wildman–Crippen LogP) is 4.04. The van der Waals surface area contributed by atoms with Gasteiger partial charge in [0, 0.05) is 10.9 Å². The number of methoxy groups -OCH3 is 1. The molecule has 2 nitrogen and oxygen atoms in total. The Labute approximate surface area is 122 Å². The number of rotatable bonds is 4. The lowest BCUT2D eigenvalue weighted by molar-refractivity contribution is 0.178. The van der Waals surface area contributed by atoms with E-state index < -0.39 is 6.10 Å². The molecule has 0 amide bonds. The summed E-state index contributed by atoms with van der Waals surface area (Å²) in [5, 5.41) is 10.3. The molecule has 0 aromatic heterocycles. The van der Waals surface area contributed by atoms with Crippen LogP contribution in [-0.2, 0) is 6.42 Å². The van der Waals surface area contributed by atoms with Crippen molar-refractivity contribution in [1.29, 1.82) is 0 Å². The molecule has 2 aromatic rings. The lowest BCUT2D eigenvalue weighted by atomic mass is 10.00. The van der Waals surface area contributed by atoms with Gasteiger partial charge < -0.3 is 9.84 Å². The second-order valence-corrected chi connectivity index (χ2v) is 5.39. The Balaban J connectivity index is 2.20. The van der Waals surface area contributed by atoms with Crippen LogP contribution in [0.15, 0.2) is 46.9 Å². The van der Waals surface area contributed by atoms with Gasteiger partial charge in [-0.2, -0.15) is 0 Å². The highest BCUT2D eigenvalue weighted by atomic mass is 79.9. The average molecular weight is 321 g/mol. The van der Waals surface area contributed by atoms with E-state index in [4.69, 9.17) is 4.74 Å². The van der Waals surface area contributed by atoms with E-state index in [2.05, 4.69) is 15.9 Å². The first kappa shape index (κ1) is 14.1. The number of aryl methyl sites for hydroxylation is 1. The molecule has 0 saturated carbocycles. The Kier molecular flexibility index (Phi) is 4.61. The van der Waals surface area contributed by atoms with Crippen LogP contribution in [0.25, 0.3) is 0 Å². The molecule has 0 spiro atoms. The lowest BCUT2D eigenvalue weighted by Gasteiger charge is -2.14. The molecular formula is C16H17BrO2. The SMILES string of the molecule is COc1cc(C(O)Cc2ccccc2Br)ccc1C. The topological polar surface area (TPSA) is 29.5 Å². The molecule has 0 aliphatic rings. The summed E-state index contributed by atoms with van der Waals surface area (Å²) in [6.45, 7) is 1.99. The van der Waals surface area contributed by atoms with Crippen molar-refractivity contribution in [2.75, 3.05) is 7.11 Å². The van der Waals surface area contributed by atoms with Gasteiger partial charge in [-0.25, -0.2) is 0 Å². The number of hydrogen-bond acceptors (Lipinski definition) is 2. The highest BCUT2D eigenvalue weighted by Crippen LogP contribution is 2.27. The standard InChI is InChI=1S/C16H17BrO2/c1-11-7-8-13(10-16(11)19-2)15(18)9-12-5-3-4-6-14(12)17/h3-8,10,15,18H,9H2,1-2H3. The van der Waals surface area contributed by atoms with E-state index in [9.17, 15) is 5.11 Å². The maximum Gasteiger partial charge on any atom is 0.122 e. The Morgan fingerprint density at radius 3 is 2.63 bits per heavy atom. The van der Waals surface area contributed by atoms with Gasteiger partial charge in [0.05, 0.1) is 13.2 Å². The van der Waals surface area contributed by atoms with Crippen molar-refractivity contribution in [3.63, 3.8) is 0 Å². The molecule has 2 rings (SSSR count). The van der Waals surface area contributed by atoms with E-state index in [1.165, 1.54) is 0 Å². The van der Waals surface area contributed by atoms with Crippen LogP contribution in [0.5, 0.6) is 5.75 Å². The fourth-order valence-electron chi connectivity index (χ4n) is 2.03. The maximum absolute atomic E-state index is 10.3. The van der Waals surface area contributed by atoms with Gasteiger partial charge in [-0.15, -0.1) is 0 Å². The highest BCUT2D eigenvalue weighted by molar-refractivity contribution is 9.10. The van der Waals surface area contributed by atoms with Crippen molar-refractivity contribution >= 4 is 15.9 Å². The summed E-state index contributed by atoms with van der Waals surface area (Å²) >= 11 is 3.50. The van der Waals surface area contributed by atoms with E-state index in [-0.39, 0.29) is 0 Å². The van der Waals surface area contributed by atoms with E-state index in [0.717, 1.165) is 26.9 Å². The molecule has 0 radical (unpaired) electrons. The van der Waals surface area contributed by atoms with Crippen molar-refractivity contribution in [3.8, 4) is 5.75 Å². The monoisotopic (exact) mass is 320 g/mol. The predicted molar refractivity (Wildman–Crippen MR) is 80.5 cm³/mol. The van der Waals surface area contributed by atoms with Crippen molar-refractivity contribution in [1.82, 2.24) is 0 Å². The normalized spacial score (nSPS) is 12.2. The molecule has 0 saturated heterocycles. The maximum atomic E-state index is 10.3. The zero-order valence-electron chi connectivity index (χ0n) is 11.1. The first-order valence-electron chi connectivity index (χ1n) is 6.18. The largest absolute Gasteiger partial charge is 0.496 e. The molecule has 0 aliphatic carbocycles. The first-order valence-corrected chi connectivity index (χ1v) is 6.97. The van der Waals surface area contributed by atoms with Crippen LogP contribution in [0, 0.1) is 6.92 Å². The molecule has 1 unspecified atom stereocenters. The van der Waals surface area contributed by atoms with Crippen LogP contribution in [0.4, 0.5) is 0 Å². The summed E-state index contributed by atoms with van der Waals surface area (Å²) in [5.41, 5.74) is 3.03. The minimum absolute atomic E-state index is 0.534. The van der Waals surface area contributed by atoms with Crippen LogP contribution in [0.3, 0.4) is 0 Å². The van der Waals surface area contributed by atoms with Gasteiger partial charge in [0.1, 0.15) is 5.75 Å². The second kappa shape index (κ2) is 6.22.